The number of aliphatic carboxylic acids is 1. The molecule has 1 aliphatic carbocycles. The number of piperidine rings is 1. The number of hydrogen-bond acceptors (Lipinski definition) is 3. The monoisotopic (exact) mass is 441 g/mol. The molecule has 1 saturated heterocycles. The summed E-state index contributed by atoms with van der Waals surface area (Å²) in [6.07, 6.45) is 0.0758. The first kappa shape index (κ1) is 21.3. The lowest BCUT2D eigenvalue weighted by Gasteiger charge is -2.36. The van der Waals surface area contributed by atoms with E-state index in [1.165, 1.54) is 11.1 Å². The van der Waals surface area contributed by atoms with E-state index in [1.807, 2.05) is 49.4 Å². The average molecular weight is 442 g/mol. The van der Waals surface area contributed by atoms with Crippen LogP contribution in [0.15, 0.2) is 72.8 Å². The van der Waals surface area contributed by atoms with Gasteiger partial charge in [0.25, 0.3) is 0 Å². The second-order valence-electron chi connectivity index (χ2n) is 9.09. The van der Waals surface area contributed by atoms with Gasteiger partial charge in [0, 0.05) is 24.9 Å². The standard InChI is InChI=1S/C28H27NO4/c1-18-7-6-8-19(13-18)20-14-21(27(30)31)16-29(15-20)28(32)33-17-26-24-11-4-2-9-22(24)23-10-3-5-12-25(23)26/h2-13,20-21,26H,14-17H2,1H3,(H,30,31). The molecule has 1 N–H and O–H groups in total. The van der Waals surface area contributed by atoms with Gasteiger partial charge in [0.1, 0.15) is 6.61 Å². The molecule has 1 fully saturated rings. The number of carbonyl (C=O) groups is 2. The van der Waals surface area contributed by atoms with Crippen LogP contribution in [0, 0.1) is 12.8 Å². The molecule has 5 heteroatoms. The molecular formula is C28H27NO4. The Bertz CT molecular complexity index is 1160. The molecule has 5 nitrogen and oxygen atoms in total. The van der Waals surface area contributed by atoms with Crippen LogP contribution in [0.2, 0.25) is 0 Å². The Kier molecular flexibility index (Phi) is 5.63. The van der Waals surface area contributed by atoms with E-state index in [4.69, 9.17) is 4.74 Å². The Morgan fingerprint density at radius 2 is 1.61 bits per heavy atom. The van der Waals surface area contributed by atoms with Gasteiger partial charge in [-0.05, 0) is 41.2 Å². The molecule has 3 aromatic carbocycles. The minimum Gasteiger partial charge on any atom is -0.481 e. The van der Waals surface area contributed by atoms with Gasteiger partial charge >= 0.3 is 12.1 Å². The Balaban J connectivity index is 1.33. The number of fused-ring (bicyclic) bond motifs is 3. The lowest BCUT2D eigenvalue weighted by Crippen LogP contribution is -2.46. The van der Waals surface area contributed by atoms with Crippen LogP contribution in [0.25, 0.3) is 11.1 Å². The maximum absolute atomic E-state index is 13.1. The Morgan fingerprint density at radius 1 is 0.939 bits per heavy atom. The van der Waals surface area contributed by atoms with E-state index < -0.39 is 18.0 Å². The lowest BCUT2D eigenvalue weighted by atomic mass is 9.84. The van der Waals surface area contributed by atoms with Gasteiger partial charge in [-0.15, -0.1) is 0 Å². The fraction of sp³-hybridized carbons (Fsp3) is 0.286. The van der Waals surface area contributed by atoms with Crippen LogP contribution in [0.5, 0.6) is 0 Å². The zero-order valence-corrected chi connectivity index (χ0v) is 18.6. The van der Waals surface area contributed by atoms with Crippen molar-refractivity contribution in [3.05, 3.63) is 95.1 Å². The largest absolute Gasteiger partial charge is 0.481 e. The van der Waals surface area contributed by atoms with E-state index in [0.717, 1.165) is 22.3 Å². The van der Waals surface area contributed by atoms with Crippen LogP contribution in [-0.2, 0) is 9.53 Å². The van der Waals surface area contributed by atoms with Crippen LogP contribution in [0.4, 0.5) is 4.79 Å². The third-order valence-electron chi connectivity index (χ3n) is 6.91. The number of carboxylic acids is 1. The second kappa shape index (κ2) is 8.74. The van der Waals surface area contributed by atoms with Gasteiger partial charge in [0.05, 0.1) is 5.92 Å². The molecule has 1 amide bonds. The first-order valence-corrected chi connectivity index (χ1v) is 11.4. The van der Waals surface area contributed by atoms with Gasteiger partial charge in [-0.3, -0.25) is 4.79 Å². The van der Waals surface area contributed by atoms with Gasteiger partial charge in [0.15, 0.2) is 0 Å². The molecule has 3 aromatic rings. The van der Waals surface area contributed by atoms with Crippen molar-refractivity contribution >= 4 is 12.1 Å². The highest BCUT2D eigenvalue weighted by molar-refractivity contribution is 5.79. The topological polar surface area (TPSA) is 66.8 Å². The Labute approximate surface area is 193 Å². The highest BCUT2D eigenvalue weighted by atomic mass is 16.6. The van der Waals surface area contributed by atoms with Crippen LogP contribution >= 0.6 is 0 Å². The fourth-order valence-corrected chi connectivity index (χ4v) is 5.28. The summed E-state index contributed by atoms with van der Waals surface area (Å²) < 4.78 is 5.81. The SMILES string of the molecule is Cc1cccc(C2CC(C(=O)O)CN(C(=O)OCC3c4ccccc4-c4ccccc43)C2)c1. The summed E-state index contributed by atoms with van der Waals surface area (Å²) in [7, 11) is 0. The van der Waals surface area contributed by atoms with Crippen LogP contribution < -0.4 is 0 Å². The average Bonchev–Trinajstić information content (AvgIpc) is 3.16. The summed E-state index contributed by atoms with van der Waals surface area (Å²) in [6.45, 7) is 2.89. The van der Waals surface area contributed by atoms with Crippen molar-refractivity contribution in [2.75, 3.05) is 19.7 Å². The molecule has 2 atom stereocenters. The lowest BCUT2D eigenvalue weighted by molar-refractivity contribution is -0.143. The van der Waals surface area contributed by atoms with Crippen molar-refractivity contribution < 1.29 is 19.4 Å². The van der Waals surface area contributed by atoms with Crippen molar-refractivity contribution in [1.29, 1.82) is 0 Å². The van der Waals surface area contributed by atoms with Gasteiger partial charge < -0.3 is 14.7 Å². The zero-order chi connectivity index (χ0) is 22.9. The molecule has 33 heavy (non-hydrogen) atoms. The summed E-state index contributed by atoms with van der Waals surface area (Å²) >= 11 is 0. The van der Waals surface area contributed by atoms with Crippen LogP contribution in [0.3, 0.4) is 0 Å². The molecule has 0 saturated carbocycles. The van der Waals surface area contributed by atoms with Crippen LogP contribution in [-0.4, -0.2) is 41.8 Å². The molecular weight excluding hydrogens is 414 g/mol. The molecule has 0 bridgehead atoms. The van der Waals surface area contributed by atoms with E-state index in [-0.39, 0.29) is 25.0 Å². The van der Waals surface area contributed by atoms with Crippen molar-refractivity contribution in [2.45, 2.75) is 25.2 Å². The van der Waals surface area contributed by atoms with Crippen LogP contribution in [0.1, 0.15) is 40.5 Å². The first-order chi connectivity index (χ1) is 16.0. The summed E-state index contributed by atoms with van der Waals surface area (Å²) in [5, 5.41) is 9.70. The minimum atomic E-state index is -0.871. The summed E-state index contributed by atoms with van der Waals surface area (Å²) in [5.74, 6) is -1.53. The van der Waals surface area contributed by atoms with Gasteiger partial charge in [-0.2, -0.15) is 0 Å². The number of rotatable bonds is 4. The maximum atomic E-state index is 13.1. The molecule has 168 valence electrons. The maximum Gasteiger partial charge on any atom is 0.409 e. The van der Waals surface area contributed by atoms with E-state index in [0.29, 0.717) is 13.0 Å². The van der Waals surface area contributed by atoms with E-state index >= 15 is 0 Å². The molecule has 0 spiro atoms. The number of carboxylic acid groups (broad SMARTS) is 1. The zero-order valence-electron chi connectivity index (χ0n) is 18.6. The minimum absolute atomic E-state index is 0.0195. The van der Waals surface area contributed by atoms with Crippen molar-refractivity contribution in [3.63, 3.8) is 0 Å². The first-order valence-electron chi connectivity index (χ1n) is 11.4. The molecule has 0 aromatic heterocycles. The second-order valence-corrected chi connectivity index (χ2v) is 9.09. The number of benzene rings is 3. The number of amides is 1. The van der Waals surface area contributed by atoms with Crippen molar-refractivity contribution in [3.8, 4) is 11.1 Å². The predicted octanol–water partition coefficient (Wildman–Crippen LogP) is 5.43. The Morgan fingerprint density at radius 3 is 2.24 bits per heavy atom. The smallest absolute Gasteiger partial charge is 0.409 e. The highest BCUT2D eigenvalue weighted by Crippen LogP contribution is 2.44. The normalized spacial score (nSPS) is 19.6. The van der Waals surface area contributed by atoms with E-state index in [2.05, 4.69) is 30.3 Å². The van der Waals surface area contributed by atoms with Gasteiger partial charge in [-0.1, -0.05) is 78.4 Å². The number of aryl methyl sites for hydroxylation is 1. The molecule has 1 heterocycles. The van der Waals surface area contributed by atoms with E-state index in [9.17, 15) is 14.7 Å². The molecule has 0 radical (unpaired) electrons. The van der Waals surface area contributed by atoms with Gasteiger partial charge in [-0.25, -0.2) is 4.79 Å². The van der Waals surface area contributed by atoms with E-state index in [1.54, 1.807) is 4.90 Å². The third-order valence-corrected chi connectivity index (χ3v) is 6.91. The molecule has 1 aliphatic heterocycles. The summed E-state index contributed by atoms with van der Waals surface area (Å²) in [4.78, 5) is 26.5. The number of nitrogens with zero attached hydrogens (tertiary/aromatic N) is 1. The molecule has 2 aliphatic rings. The highest BCUT2D eigenvalue weighted by Gasteiger charge is 2.36. The number of carbonyl (C=O) groups excluding carboxylic acids is 1. The summed E-state index contributed by atoms with van der Waals surface area (Å²) in [6, 6.07) is 24.5. The van der Waals surface area contributed by atoms with Crippen molar-refractivity contribution in [2.24, 2.45) is 5.92 Å². The molecule has 2 unspecified atom stereocenters. The predicted molar refractivity (Wildman–Crippen MR) is 126 cm³/mol. The summed E-state index contributed by atoms with van der Waals surface area (Å²) in [5.41, 5.74) is 6.86. The third kappa shape index (κ3) is 4.11. The van der Waals surface area contributed by atoms with Crippen molar-refractivity contribution in [1.82, 2.24) is 4.90 Å². The number of likely N-dealkylation sites (tertiary alicyclic amines) is 1. The number of hydrogen-bond donors (Lipinski definition) is 1. The fourth-order valence-electron chi connectivity index (χ4n) is 5.28. The van der Waals surface area contributed by atoms with Gasteiger partial charge in [0.2, 0.25) is 0 Å². The number of ether oxygens (including phenoxy) is 1. The Hall–Kier alpha value is -3.60. The molecule has 5 rings (SSSR count). The quantitative estimate of drug-likeness (QED) is 0.586.